The van der Waals surface area contributed by atoms with E-state index in [1.807, 2.05) is 0 Å². The van der Waals surface area contributed by atoms with Crippen LogP contribution in [0.25, 0.3) is 0 Å². The first-order chi connectivity index (χ1) is 17.6. The highest BCUT2D eigenvalue weighted by Crippen LogP contribution is 2.77. The molecule has 0 aromatic heterocycles. The van der Waals surface area contributed by atoms with Gasteiger partial charge in [0.25, 0.3) is 0 Å². The molecule has 0 aromatic carbocycles. The molecule has 0 amide bonds. The molecule has 0 bridgehead atoms. The van der Waals surface area contributed by atoms with Gasteiger partial charge in [-0.2, -0.15) is 0 Å². The summed E-state index contributed by atoms with van der Waals surface area (Å²) in [6.07, 6.45) is 9.98. The van der Waals surface area contributed by atoms with Crippen LogP contribution >= 0.6 is 0 Å². The van der Waals surface area contributed by atoms with E-state index in [4.69, 9.17) is 9.47 Å². The molecule has 0 saturated heterocycles. The van der Waals surface area contributed by atoms with Gasteiger partial charge in [-0.25, -0.2) is 0 Å². The van der Waals surface area contributed by atoms with Crippen LogP contribution in [0.15, 0.2) is 12.2 Å². The molecule has 5 aliphatic carbocycles. The maximum Gasteiger partial charge on any atom is 0.315 e. The number of ether oxygens (including phenoxy) is 2. The average molecular weight is 527 g/mol. The molecule has 0 N–H and O–H groups in total. The molecule has 5 saturated carbocycles. The number of carbonyl (C=O) groups is 3. The van der Waals surface area contributed by atoms with Crippen molar-refractivity contribution >= 4 is 17.7 Å². The van der Waals surface area contributed by atoms with Gasteiger partial charge in [0.1, 0.15) is 5.78 Å². The van der Waals surface area contributed by atoms with Crippen molar-refractivity contribution in [2.45, 2.75) is 113 Å². The average Bonchev–Trinajstić information content (AvgIpc) is 3.23. The molecule has 0 heterocycles. The zero-order valence-corrected chi connectivity index (χ0v) is 24.9. The van der Waals surface area contributed by atoms with Crippen molar-refractivity contribution in [3.05, 3.63) is 12.2 Å². The highest BCUT2D eigenvalue weighted by atomic mass is 16.7. The van der Waals surface area contributed by atoms with E-state index < -0.39 is 11.4 Å². The minimum Gasteiger partial charge on any atom is -0.428 e. The van der Waals surface area contributed by atoms with Gasteiger partial charge in [-0.05, 0) is 111 Å². The van der Waals surface area contributed by atoms with Crippen molar-refractivity contribution in [2.75, 3.05) is 6.79 Å². The van der Waals surface area contributed by atoms with E-state index in [1.54, 1.807) is 0 Å². The smallest absolute Gasteiger partial charge is 0.315 e. The minimum absolute atomic E-state index is 0.123. The van der Waals surface area contributed by atoms with Crippen molar-refractivity contribution < 1.29 is 23.9 Å². The molecule has 5 nitrogen and oxygen atoms in total. The van der Waals surface area contributed by atoms with E-state index in [1.165, 1.54) is 18.9 Å². The fourth-order valence-electron chi connectivity index (χ4n) is 11.6. The molecule has 212 valence electrons. The van der Waals surface area contributed by atoms with Crippen molar-refractivity contribution in [1.29, 1.82) is 0 Å². The SMILES string of the molecule is C=C(C)C1CC[C@]2(C(=O)OCOC(C)=O)CC[C@]3(C)[C@H](CC[C@@H]4[C@@]5(C)CCC(=O)C(C)(C)C5CC[C@]43C)C12. The number of allylic oxidation sites excluding steroid dienone is 1. The molecule has 5 fully saturated rings. The molecule has 5 rings (SSSR count). The normalized spacial score (nSPS) is 47.1. The summed E-state index contributed by atoms with van der Waals surface area (Å²) in [7, 11) is 0. The van der Waals surface area contributed by atoms with Crippen molar-refractivity contribution in [3.63, 3.8) is 0 Å². The first-order valence-corrected chi connectivity index (χ1v) is 15.1. The lowest BCUT2D eigenvalue weighted by molar-refractivity contribution is -0.237. The van der Waals surface area contributed by atoms with Gasteiger partial charge in [0.15, 0.2) is 0 Å². The Morgan fingerprint density at radius 1 is 0.842 bits per heavy atom. The van der Waals surface area contributed by atoms with Crippen LogP contribution in [-0.2, 0) is 23.9 Å². The monoisotopic (exact) mass is 526 g/mol. The molecule has 5 aliphatic rings. The molecule has 3 unspecified atom stereocenters. The van der Waals surface area contributed by atoms with Gasteiger partial charge < -0.3 is 9.47 Å². The predicted octanol–water partition coefficient (Wildman–Crippen LogP) is 7.28. The predicted molar refractivity (Wildman–Crippen MR) is 147 cm³/mol. The number of rotatable bonds is 4. The number of esters is 2. The van der Waals surface area contributed by atoms with Gasteiger partial charge in [0.2, 0.25) is 6.79 Å². The summed E-state index contributed by atoms with van der Waals surface area (Å²) in [5, 5.41) is 0. The Kier molecular flexibility index (Phi) is 6.56. The summed E-state index contributed by atoms with van der Waals surface area (Å²) in [6.45, 7) is 19.6. The van der Waals surface area contributed by atoms with E-state index in [0.29, 0.717) is 35.9 Å². The molecule has 0 aliphatic heterocycles. The number of Topliss-reactive ketones (excluding diaryl/α,β-unsaturated/α-hetero) is 1. The van der Waals surface area contributed by atoms with Crippen LogP contribution in [0.3, 0.4) is 0 Å². The number of hydrogen-bond acceptors (Lipinski definition) is 5. The Labute approximate surface area is 229 Å². The van der Waals surface area contributed by atoms with Gasteiger partial charge in [0.05, 0.1) is 5.41 Å². The number of hydrogen-bond donors (Lipinski definition) is 0. The fraction of sp³-hybridized carbons (Fsp3) is 0.848. The zero-order chi connectivity index (χ0) is 27.9. The summed E-state index contributed by atoms with van der Waals surface area (Å²) in [5.41, 5.74) is 0.905. The highest BCUT2D eigenvalue weighted by molar-refractivity contribution is 5.85. The third-order valence-corrected chi connectivity index (χ3v) is 13.7. The van der Waals surface area contributed by atoms with Crippen LogP contribution < -0.4 is 0 Å². The summed E-state index contributed by atoms with van der Waals surface area (Å²) in [6, 6.07) is 0. The summed E-state index contributed by atoms with van der Waals surface area (Å²) >= 11 is 0. The maximum atomic E-state index is 13.8. The quantitative estimate of drug-likeness (QED) is 0.219. The third-order valence-electron chi connectivity index (χ3n) is 13.7. The van der Waals surface area contributed by atoms with Crippen LogP contribution in [0.4, 0.5) is 0 Å². The number of fused-ring (bicyclic) bond motifs is 7. The van der Waals surface area contributed by atoms with E-state index in [0.717, 1.165) is 51.4 Å². The summed E-state index contributed by atoms with van der Waals surface area (Å²) in [4.78, 5) is 38.1. The molecular weight excluding hydrogens is 476 g/mol. The Morgan fingerprint density at radius 3 is 2.21 bits per heavy atom. The van der Waals surface area contributed by atoms with Gasteiger partial charge in [0, 0.05) is 18.8 Å². The van der Waals surface area contributed by atoms with Crippen LogP contribution in [0.5, 0.6) is 0 Å². The molecule has 5 heteroatoms. The van der Waals surface area contributed by atoms with Crippen LogP contribution in [0.2, 0.25) is 0 Å². The van der Waals surface area contributed by atoms with Crippen molar-refractivity contribution in [2.24, 2.45) is 56.7 Å². The van der Waals surface area contributed by atoms with Crippen molar-refractivity contribution in [1.82, 2.24) is 0 Å². The first-order valence-electron chi connectivity index (χ1n) is 15.1. The largest absolute Gasteiger partial charge is 0.428 e. The Hall–Kier alpha value is -1.65. The molecule has 0 radical (unpaired) electrons. The number of carbonyl (C=O) groups excluding carboxylic acids is 3. The molecular formula is C33H50O5. The second-order valence-corrected chi connectivity index (χ2v) is 15.2. The maximum absolute atomic E-state index is 13.8. The standard InChI is InChI=1S/C33H50O5/c1-20(2)22-11-16-33(28(36)38-19-37-21(3)34)18-17-31(7)23(27(22)33)9-10-25-30(6)14-13-26(35)29(4,5)24(30)12-15-32(25,31)8/h22-25,27H,1,9-19H2,2-8H3/t22?,23-,24?,25-,27?,30+,31-,32-,33+/m1/s1. The second kappa shape index (κ2) is 8.93. The third kappa shape index (κ3) is 3.58. The Morgan fingerprint density at radius 2 is 1.55 bits per heavy atom. The van der Waals surface area contributed by atoms with Gasteiger partial charge in [-0.15, -0.1) is 0 Å². The Balaban J connectivity index is 1.50. The fourth-order valence-corrected chi connectivity index (χ4v) is 11.6. The zero-order valence-electron chi connectivity index (χ0n) is 24.9. The molecule has 0 spiro atoms. The Bertz CT molecular complexity index is 1040. The van der Waals surface area contributed by atoms with Crippen LogP contribution in [0, 0.1) is 56.7 Å². The lowest BCUT2D eigenvalue weighted by Crippen LogP contribution is -2.66. The van der Waals surface area contributed by atoms with E-state index in [-0.39, 0.29) is 40.3 Å². The van der Waals surface area contributed by atoms with E-state index in [9.17, 15) is 14.4 Å². The van der Waals surface area contributed by atoms with Crippen molar-refractivity contribution in [3.8, 4) is 0 Å². The first kappa shape index (κ1) is 27.9. The highest BCUT2D eigenvalue weighted by Gasteiger charge is 2.72. The number of ketones is 1. The van der Waals surface area contributed by atoms with Gasteiger partial charge in [-0.3, -0.25) is 14.4 Å². The van der Waals surface area contributed by atoms with Gasteiger partial charge >= 0.3 is 11.9 Å². The summed E-state index contributed by atoms with van der Waals surface area (Å²) in [5.74, 6) is 1.85. The topological polar surface area (TPSA) is 69.7 Å². The second-order valence-electron chi connectivity index (χ2n) is 15.2. The molecule has 9 atom stereocenters. The summed E-state index contributed by atoms with van der Waals surface area (Å²) < 4.78 is 10.6. The lowest BCUT2D eigenvalue weighted by Gasteiger charge is -2.72. The lowest BCUT2D eigenvalue weighted by atomic mass is 9.32. The molecule has 38 heavy (non-hydrogen) atoms. The van der Waals surface area contributed by atoms with Crippen LogP contribution in [0.1, 0.15) is 113 Å². The van der Waals surface area contributed by atoms with Gasteiger partial charge in [-0.1, -0.05) is 46.8 Å². The van der Waals surface area contributed by atoms with E-state index >= 15 is 0 Å². The molecule has 0 aromatic rings. The van der Waals surface area contributed by atoms with Crippen LogP contribution in [-0.4, -0.2) is 24.5 Å². The minimum atomic E-state index is -0.516. The van der Waals surface area contributed by atoms with E-state index in [2.05, 4.69) is 48.1 Å².